The number of ether oxygens (including phenoxy) is 1. The van der Waals surface area contributed by atoms with Gasteiger partial charge in [0.25, 0.3) is 0 Å². The lowest BCUT2D eigenvalue weighted by molar-refractivity contribution is 0.295. The molecule has 1 N–H and O–H groups in total. The van der Waals surface area contributed by atoms with E-state index in [0.717, 1.165) is 28.3 Å². The largest absolute Gasteiger partial charge is 0.497 e. The van der Waals surface area contributed by atoms with Crippen molar-refractivity contribution in [3.8, 4) is 5.75 Å². The summed E-state index contributed by atoms with van der Waals surface area (Å²) in [7, 11) is 1.65. The predicted molar refractivity (Wildman–Crippen MR) is 80.4 cm³/mol. The smallest absolute Gasteiger partial charge is 0.160 e. The highest BCUT2D eigenvalue weighted by molar-refractivity contribution is 5.71. The molecule has 0 aliphatic heterocycles. The van der Waals surface area contributed by atoms with Crippen LogP contribution in [0.4, 0.5) is 0 Å². The van der Waals surface area contributed by atoms with Crippen molar-refractivity contribution in [3.05, 3.63) is 54.0 Å². The normalized spacial score (nSPS) is 11.0. The quantitative estimate of drug-likeness (QED) is 0.778. The van der Waals surface area contributed by atoms with E-state index in [0.29, 0.717) is 13.0 Å². The molecule has 2 aromatic heterocycles. The molecular weight excluding hydrogens is 266 g/mol. The van der Waals surface area contributed by atoms with Crippen LogP contribution in [0.15, 0.2) is 42.6 Å². The van der Waals surface area contributed by atoms with E-state index < -0.39 is 0 Å². The molecule has 0 aliphatic carbocycles. The van der Waals surface area contributed by atoms with Gasteiger partial charge in [-0.2, -0.15) is 0 Å². The molecule has 0 fully saturated rings. The average molecular weight is 283 g/mol. The second-order valence-corrected chi connectivity index (χ2v) is 4.78. The van der Waals surface area contributed by atoms with Crippen LogP contribution in [0.25, 0.3) is 11.2 Å². The first-order valence-electron chi connectivity index (χ1n) is 6.85. The number of aliphatic hydroxyl groups excluding tert-OH is 1. The molecule has 0 radical (unpaired) electrons. The first-order chi connectivity index (χ1) is 10.3. The van der Waals surface area contributed by atoms with Gasteiger partial charge in [0, 0.05) is 12.6 Å². The highest BCUT2D eigenvalue weighted by Crippen LogP contribution is 2.18. The molecule has 0 saturated heterocycles. The third-order valence-corrected chi connectivity index (χ3v) is 3.42. The number of pyridine rings is 1. The molecule has 0 aliphatic rings. The SMILES string of the molecule is COc1ccc(Cn2c(CCO)nc3cccnc32)cc1. The molecule has 0 saturated carbocycles. The summed E-state index contributed by atoms with van der Waals surface area (Å²) in [5.41, 5.74) is 2.84. The maximum absolute atomic E-state index is 9.21. The number of aromatic nitrogens is 3. The fraction of sp³-hybridized carbons (Fsp3) is 0.250. The molecule has 0 bridgehead atoms. The highest BCUT2D eigenvalue weighted by atomic mass is 16.5. The van der Waals surface area contributed by atoms with Crippen molar-refractivity contribution in [2.24, 2.45) is 0 Å². The van der Waals surface area contributed by atoms with Crippen LogP contribution in [-0.4, -0.2) is 33.4 Å². The Morgan fingerprint density at radius 1 is 1.19 bits per heavy atom. The lowest BCUT2D eigenvalue weighted by atomic mass is 10.2. The Morgan fingerprint density at radius 2 is 2.00 bits per heavy atom. The van der Waals surface area contributed by atoms with Gasteiger partial charge < -0.3 is 14.4 Å². The van der Waals surface area contributed by atoms with Crippen molar-refractivity contribution in [2.75, 3.05) is 13.7 Å². The molecule has 2 heterocycles. The Labute approximate surface area is 122 Å². The summed E-state index contributed by atoms with van der Waals surface area (Å²) >= 11 is 0. The van der Waals surface area contributed by atoms with Crippen LogP contribution in [0, 0.1) is 0 Å². The van der Waals surface area contributed by atoms with Gasteiger partial charge >= 0.3 is 0 Å². The van der Waals surface area contributed by atoms with Crippen LogP contribution in [0.2, 0.25) is 0 Å². The zero-order chi connectivity index (χ0) is 14.7. The zero-order valence-corrected chi connectivity index (χ0v) is 11.9. The minimum Gasteiger partial charge on any atom is -0.497 e. The van der Waals surface area contributed by atoms with Crippen LogP contribution in [0.5, 0.6) is 5.75 Å². The molecule has 21 heavy (non-hydrogen) atoms. The fourth-order valence-corrected chi connectivity index (χ4v) is 2.38. The van der Waals surface area contributed by atoms with Crippen LogP contribution >= 0.6 is 0 Å². The van der Waals surface area contributed by atoms with E-state index in [1.807, 2.05) is 41.0 Å². The summed E-state index contributed by atoms with van der Waals surface area (Å²) in [6.07, 6.45) is 2.28. The molecule has 3 aromatic rings. The number of rotatable bonds is 5. The van der Waals surface area contributed by atoms with Crippen molar-refractivity contribution < 1.29 is 9.84 Å². The lowest BCUT2D eigenvalue weighted by Gasteiger charge is -2.09. The molecule has 0 amide bonds. The van der Waals surface area contributed by atoms with Crippen molar-refractivity contribution in [2.45, 2.75) is 13.0 Å². The average Bonchev–Trinajstić information content (AvgIpc) is 2.86. The maximum Gasteiger partial charge on any atom is 0.160 e. The first-order valence-corrected chi connectivity index (χ1v) is 6.85. The molecule has 1 aromatic carbocycles. The van der Waals surface area contributed by atoms with Crippen LogP contribution in [-0.2, 0) is 13.0 Å². The molecule has 108 valence electrons. The van der Waals surface area contributed by atoms with Gasteiger partial charge in [-0.25, -0.2) is 9.97 Å². The minimum atomic E-state index is 0.0753. The third-order valence-electron chi connectivity index (χ3n) is 3.42. The van der Waals surface area contributed by atoms with Gasteiger partial charge in [-0.1, -0.05) is 12.1 Å². The Bertz CT molecular complexity index is 735. The number of imidazole rings is 1. The standard InChI is InChI=1S/C16H17N3O2/c1-21-13-6-4-12(5-7-13)11-19-15(8-10-20)18-14-3-2-9-17-16(14)19/h2-7,9,20H,8,10-11H2,1H3. The van der Waals surface area contributed by atoms with E-state index in [2.05, 4.69) is 9.97 Å². The van der Waals surface area contributed by atoms with Gasteiger partial charge in [0.2, 0.25) is 0 Å². The Kier molecular flexibility index (Phi) is 3.83. The van der Waals surface area contributed by atoms with Crippen LogP contribution < -0.4 is 4.74 Å². The number of hydrogen-bond acceptors (Lipinski definition) is 4. The number of aliphatic hydroxyl groups is 1. The van der Waals surface area contributed by atoms with E-state index in [1.165, 1.54) is 0 Å². The summed E-state index contributed by atoms with van der Waals surface area (Å²) in [6.45, 7) is 0.749. The van der Waals surface area contributed by atoms with Gasteiger partial charge in [0.15, 0.2) is 5.65 Å². The fourth-order valence-electron chi connectivity index (χ4n) is 2.38. The lowest BCUT2D eigenvalue weighted by Crippen LogP contribution is -2.07. The highest BCUT2D eigenvalue weighted by Gasteiger charge is 2.11. The van der Waals surface area contributed by atoms with Crippen molar-refractivity contribution in [1.82, 2.24) is 14.5 Å². The molecule has 5 nitrogen and oxygen atoms in total. The van der Waals surface area contributed by atoms with Gasteiger partial charge in [0.1, 0.15) is 17.1 Å². The summed E-state index contributed by atoms with van der Waals surface area (Å²) < 4.78 is 7.22. The second-order valence-electron chi connectivity index (χ2n) is 4.78. The Morgan fingerprint density at radius 3 is 2.71 bits per heavy atom. The first kappa shape index (κ1) is 13.6. The van der Waals surface area contributed by atoms with E-state index in [9.17, 15) is 5.11 Å². The monoisotopic (exact) mass is 283 g/mol. The zero-order valence-electron chi connectivity index (χ0n) is 11.9. The van der Waals surface area contributed by atoms with Crippen molar-refractivity contribution >= 4 is 11.2 Å². The molecule has 5 heteroatoms. The maximum atomic E-state index is 9.21. The van der Waals surface area contributed by atoms with Crippen molar-refractivity contribution in [3.63, 3.8) is 0 Å². The number of fused-ring (bicyclic) bond motifs is 1. The molecular formula is C16H17N3O2. The Hall–Kier alpha value is -2.40. The van der Waals surface area contributed by atoms with E-state index >= 15 is 0 Å². The minimum absolute atomic E-state index is 0.0753. The summed E-state index contributed by atoms with van der Waals surface area (Å²) in [6, 6.07) is 11.7. The third kappa shape index (κ3) is 2.73. The predicted octanol–water partition coefficient (Wildman–Crippen LogP) is 2.02. The van der Waals surface area contributed by atoms with Crippen LogP contribution in [0.1, 0.15) is 11.4 Å². The summed E-state index contributed by atoms with van der Waals surface area (Å²) in [5, 5.41) is 9.21. The number of benzene rings is 1. The van der Waals surface area contributed by atoms with Gasteiger partial charge in [-0.3, -0.25) is 0 Å². The molecule has 0 atom stereocenters. The topological polar surface area (TPSA) is 60.2 Å². The summed E-state index contributed by atoms with van der Waals surface area (Å²) in [5.74, 6) is 1.69. The Balaban J connectivity index is 1.99. The molecule has 0 spiro atoms. The number of nitrogens with zero attached hydrogens (tertiary/aromatic N) is 3. The van der Waals surface area contributed by atoms with E-state index in [1.54, 1.807) is 13.3 Å². The van der Waals surface area contributed by atoms with E-state index in [4.69, 9.17) is 4.74 Å². The number of hydrogen-bond donors (Lipinski definition) is 1. The number of methoxy groups -OCH3 is 1. The molecule has 0 unspecified atom stereocenters. The van der Waals surface area contributed by atoms with Gasteiger partial charge in [0.05, 0.1) is 20.3 Å². The van der Waals surface area contributed by atoms with Gasteiger partial charge in [-0.05, 0) is 29.8 Å². The summed E-state index contributed by atoms with van der Waals surface area (Å²) in [4.78, 5) is 8.96. The van der Waals surface area contributed by atoms with Crippen molar-refractivity contribution in [1.29, 1.82) is 0 Å². The molecule has 3 rings (SSSR count). The van der Waals surface area contributed by atoms with Gasteiger partial charge in [-0.15, -0.1) is 0 Å². The van der Waals surface area contributed by atoms with E-state index in [-0.39, 0.29) is 6.61 Å². The second kappa shape index (κ2) is 5.93. The van der Waals surface area contributed by atoms with Crippen LogP contribution in [0.3, 0.4) is 0 Å².